The highest BCUT2D eigenvalue weighted by molar-refractivity contribution is 5.94. The van der Waals surface area contributed by atoms with Crippen LogP contribution in [0.5, 0.6) is 5.88 Å². The molecule has 0 saturated heterocycles. The number of hydrogen-bond acceptors (Lipinski definition) is 5. The summed E-state index contributed by atoms with van der Waals surface area (Å²) < 4.78 is 34.5. The lowest BCUT2D eigenvalue weighted by Crippen LogP contribution is -2.51. The van der Waals surface area contributed by atoms with Crippen LogP contribution in [0.2, 0.25) is 0 Å². The smallest absolute Gasteiger partial charge is 0.308 e. The summed E-state index contributed by atoms with van der Waals surface area (Å²) in [5.41, 5.74) is 0.576. The summed E-state index contributed by atoms with van der Waals surface area (Å²) in [4.78, 5) is 24.3. The van der Waals surface area contributed by atoms with E-state index in [4.69, 9.17) is 4.74 Å². The Hall–Kier alpha value is -3.75. The number of rotatable bonds is 6. The van der Waals surface area contributed by atoms with Gasteiger partial charge in [-0.2, -0.15) is 4.98 Å². The Morgan fingerprint density at radius 3 is 2.65 bits per heavy atom. The van der Waals surface area contributed by atoms with Gasteiger partial charge in [-0.3, -0.25) is 4.79 Å². The molecule has 3 saturated carbocycles. The lowest BCUT2D eigenvalue weighted by molar-refractivity contribution is -0.148. The van der Waals surface area contributed by atoms with Gasteiger partial charge in [-0.25, -0.2) is 13.8 Å². The molecule has 3 unspecified atom stereocenters. The van der Waals surface area contributed by atoms with E-state index in [9.17, 15) is 18.7 Å². The van der Waals surface area contributed by atoms with Crippen molar-refractivity contribution in [2.75, 3.05) is 5.32 Å². The number of allylic oxidation sites excluding steroid dienone is 3. The van der Waals surface area contributed by atoms with Crippen LogP contribution in [-0.4, -0.2) is 32.1 Å². The second-order valence-electron chi connectivity index (χ2n) is 10.4. The fourth-order valence-electron chi connectivity index (χ4n) is 6.10. The Labute approximate surface area is 212 Å². The van der Waals surface area contributed by atoms with E-state index >= 15 is 0 Å². The van der Waals surface area contributed by atoms with Gasteiger partial charge in [0.05, 0.1) is 11.4 Å². The van der Waals surface area contributed by atoms with Gasteiger partial charge in [-0.1, -0.05) is 13.0 Å². The molecule has 4 aliphatic carbocycles. The van der Waals surface area contributed by atoms with Gasteiger partial charge in [0.1, 0.15) is 23.2 Å². The van der Waals surface area contributed by atoms with E-state index in [2.05, 4.69) is 33.3 Å². The topological polar surface area (TPSA) is 100 Å². The first kappa shape index (κ1) is 23.6. The number of ether oxygens (including phenoxy) is 1. The zero-order valence-corrected chi connectivity index (χ0v) is 20.4. The van der Waals surface area contributed by atoms with Crippen LogP contribution < -0.4 is 10.1 Å². The third-order valence-electron chi connectivity index (χ3n) is 7.97. The monoisotopic (exact) mass is 506 g/mol. The Kier molecular flexibility index (Phi) is 5.93. The standard InChI is InChI=1S/C28H28F2N4O3/c1-14-2-8-18(9-3-14)37-23-12-22(32-25-16-6-4-15(5-7-16)24(25)28(35)36)33-27(34-23)20-13-31-26-19(20)10-17(29)11-21(26)30/h2,8-16,24-25,31H,3-7H2,1H3,(H,35,36)(H,32,33,34). The molecule has 4 aliphatic rings. The molecule has 1 aromatic carbocycles. The van der Waals surface area contributed by atoms with Crippen LogP contribution >= 0.6 is 0 Å². The minimum absolute atomic E-state index is 0.135. The maximum Gasteiger partial charge on any atom is 0.308 e. The van der Waals surface area contributed by atoms with E-state index in [1.165, 1.54) is 6.07 Å². The van der Waals surface area contributed by atoms with Crippen molar-refractivity contribution in [3.63, 3.8) is 0 Å². The number of aliphatic carboxylic acids is 1. The molecule has 0 spiro atoms. The molecule has 3 fully saturated rings. The summed E-state index contributed by atoms with van der Waals surface area (Å²) >= 11 is 0. The minimum atomic E-state index is -0.799. The van der Waals surface area contributed by atoms with Gasteiger partial charge in [0, 0.05) is 35.3 Å². The number of halogens is 2. The van der Waals surface area contributed by atoms with Crippen LogP contribution in [0.25, 0.3) is 22.3 Å². The first-order valence-electron chi connectivity index (χ1n) is 12.8. The van der Waals surface area contributed by atoms with Gasteiger partial charge in [0.25, 0.3) is 0 Å². The molecule has 9 heteroatoms. The third-order valence-corrected chi connectivity index (χ3v) is 7.97. The van der Waals surface area contributed by atoms with Gasteiger partial charge < -0.3 is 20.1 Å². The van der Waals surface area contributed by atoms with Gasteiger partial charge in [0.15, 0.2) is 5.82 Å². The largest absolute Gasteiger partial charge is 0.481 e. The van der Waals surface area contributed by atoms with Crippen molar-refractivity contribution in [2.45, 2.75) is 45.1 Å². The third kappa shape index (κ3) is 4.47. The molecule has 0 amide bonds. The molecule has 2 bridgehead atoms. The van der Waals surface area contributed by atoms with E-state index in [0.29, 0.717) is 28.4 Å². The number of nitrogens with one attached hydrogen (secondary N) is 2. The number of carboxylic acid groups (broad SMARTS) is 1. The second kappa shape index (κ2) is 9.28. The van der Waals surface area contributed by atoms with Crippen LogP contribution in [0, 0.1) is 35.3 Å². The van der Waals surface area contributed by atoms with Crippen molar-refractivity contribution >= 4 is 22.7 Å². The average Bonchev–Trinajstić information content (AvgIpc) is 3.30. The molecule has 3 N–H and O–H groups in total. The molecule has 7 nitrogen and oxygen atoms in total. The van der Waals surface area contributed by atoms with Crippen LogP contribution in [0.15, 0.2) is 48.4 Å². The number of carbonyl (C=O) groups is 1. The Morgan fingerprint density at radius 1 is 1.14 bits per heavy atom. The molecule has 0 aliphatic heterocycles. The Bertz CT molecular complexity index is 1420. The molecular formula is C28H28F2N4O3. The van der Waals surface area contributed by atoms with Crippen molar-refractivity contribution in [1.29, 1.82) is 0 Å². The predicted molar refractivity (Wildman–Crippen MR) is 135 cm³/mol. The van der Waals surface area contributed by atoms with Crippen molar-refractivity contribution in [1.82, 2.24) is 15.0 Å². The molecule has 3 aromatic rings. The van der Waals surface area contributed by atoms with E-state index in [-0.39, 0.29) is 35.1 Å². The second-order valence-corrected chi connectivity index (χ2v) is 10.4. The van der Waals surface area contributed by atoms with Crippen LogP contribution in [0.4, 0.5) is 14.6 Å². The first-order chi connectivity index (χ1) is 17.9. The number of anilines is 1. The zero-order chi connectivity index (χ0) is 25.7. The molecule has 192 valence electrons. The van der Waals surface area contributed by atoms with E-state index in [1.807, 2.05) is 12.2 Å². The number of hydrogen-bond donors (Lipinski definition) is 3. The molecule has 7 rings (SSSR count). The lowest BCUT2D eigenvalue weighted by Gasteiger charge is -2.47. The fraction of sp³-hybridized carbons (Fsp3) is 0.393. The van der Waals surface area contributed by atoms with Gasteiger partial charge >= 0.3 is 5.97 Å². The predicted octanol–water partition coefficient (Wildman–Crippen LogP) is 6.06. The van der Waals surface area contributed by atoms with Crippen molar-refractivity contribution in [2.24, 2.45) is 23.7 Å². The van der Waals surface area contributed by atoms with Crippen LogP contribution in [0.1, 0.15) is 39.0 Å². The number of carboxylic acids is 1. The highest BCUT2D eigenvalue weighted by Gasteiger charge is 2.47. The highest BCUT2D eigenvalue weighted by atomic mass is 19.1. The number of nitrogens with zero attached hydrogens (tertiary/aromatic N) is 2. The average molecular weight is 507 g/mol. The summed E-state index contributed by atoms with van der Waals surface area (Å²) in [6, 6.07) is 3.45. The lowest BCUT2D eigenvalue weighted by atomic mass is 9.61. The van der Waals surface area contributed by atoms with Crippen molar-refractivity contribution in [3.8, 4) is 17.3 Å². The number of aromatic nitrogens is 3. The Morgan fingerprint density at radius 2 is 1.92 bits per heavy atom. The zero-order valence-electron chi connectivity index (χ0n) is 20.4. The van der Waals surface area contributed by atoms with E-state index < -0.39 is 23.5 Å². The molecule has 3 atom stereocenters. The van der Waals surface area contributed by atoms with E-state index in [0.717, 1.165) is 38.2 Å². The van der Waals surface area contributed by atoms with Crippen molar-refractivity contribution < 1.29 is 23.4 Å². The summed E-state index contributed by atoms with van der Waals surface area (Å²) in [7, 11) is 0. The quantitative estimate of drug-likeness (QED) is 0.376. The summed E-state index contributed by atoms with van der Waals surface area (Å²) in [5, 5.41) is 13.7. The molecule has 37 heavy (non-hydrogen) atoms. The van der Waals surface area contributed by atoms with Gasteiger partial charge in [0.2, 0.25) is 5.88 Å². The number of benzene rings is 1. The summed E-state index contributed by atoms with van der Waals surface area (Å²) in [6.45, 7) is 2.11. The van der Waals surface area contributed by atoms with Crippen LogP contribution in [0.3, 0.4) is 0 Å². The highest BCUT2D eigenvalue weighted by Crippen LogP contribution is 2.46. The summed E-state index contributed by atoms with van der Waals surface area (Å²) in [5.74, 6) is -0.387. The SMILES string of the molecule is CC1C=CC(Oc2cc(NC3C4CCC(CC4)C3C(=O)O)nc(-c3c[nH]c4c(F)cc(F)cc34)n2)=CC1. The van der Waals surface area contributed by atoms with Crippen molar-refractivity contribution in [3.05, 3.63) is 60.0 Å². The van der Waals surface area contributed by atoms with Gasteiger partial charge in [-0.15, -0.1) is 0 Å². The minimum Gasteiger partial charge on any atom is -0.481 e. The molecule has 2 aromatic heterocycles. The van der Waals surface area contributed by atoms with Gasteiger partial charge in [-0.05, 0) is 68.1 Å². The maximum atomic E-state index is 14.4. The summed E-state index contributed by atoms with van der Waals surface area (Å²) in [6.07, 6.45) is 12.1. The Balaban J connectivity index is 1.41. The number of H-pyrrole nitrogens is 1. The normalized spacial score (nSPS) is 26.8. The van der Waals surface area contributed by atoms with Crippen LogP contribution in [-0.2, 0) is 4.79 Å². The molecule has 2 heterocycles. The number of fused-ring (bicyclic) bond motifs is 4. The first-order valence-corrected chi connectivity index (χ1v) is 12.8. The number of aromatic amines is 1. The maximum absolute atomic E-state index is 14.4. The van der Waals surface area contributed by atoms with E-state index in [1.54, 1.807) is 12.3 Å². The molecular weight excluding hydrogens is 478 g/mol. The molecule has 0 radical (unpaired) electrons. The fourth-order valence-corrected chi connectivity index (χ4v) is 6.10.